The molecular weight excluding hydrogens is 284 g/mol. The lowest BCUT2D eigenvalue weighted by Gasteiger charge is -2.25. The van der Waals surface area contributed by atoms with Gasteiger partial charge in [-0.25, -0.2) is 0 Å². The van der Waals surface area contributed by atoms with Gasteiger partial charge in [-0.2, -0.15) is 0 Å². The number of thiophene rings is 1. The first kappa shape index (κ1) is 15.0. The molecule has 4 heteroatoms. The van der Waals surface area contributed by atoms with E-state index in [-0.39, 0.29) is 5.41 Å². The van der Waals surface area contributed by atoms with E-state index in [1.54, 1.807) is 11.3 Å². The third kappa shape index (κ3) is 3.38. The van der Waals surface area contributed by atoms with Crippen LogP contribution in [0.1, 0.15) is 29.9 Å². The number of nitrogens with two attached hydrogens (primary N) is 1. The van der Waals surface area contributed by atoms with Crippen LogP contribution in [-0.4, -0.2) is 11.5 Å². The molecule has 20 heavy (non-hydrogen) atoms. The van der Waals surface area contributed by atoms with Crippen molar-refractivity contribution in [3.05, 3.63) is 51.7 Å². The highest BCUT2D eigenvalue weighted by Crippen LogP contribution is 2.28. The van der Waals surface area contributed by atoms with Gasteiger partial charge in [0, 0.05) is 28.1 Å². The summed E-state index contributed by atoms with van der Waals surface area (Å²) in [5, 5.41) is 5.60. The summed E-state index contributed by atoms with van der Waals surface area (Å²) in [5.74, 6) is 0. The third-order valence-electron chi connectivity index (χ3n) is 3.35. The van der Waals surface area contributed by atoms with Crippen LogP contribution in [0.2, 0.25) is 0 Å². The SMILES string of the molecule is Cc1ccc(NCC(C)(C)c2cccs2)c(C(N)=S)c1. The number of hydrogen-bond acceptors (Lipinski definition) is 3. The van der Waals surface area contributed by atoms with Crippen molar-refractivity contribution in [2.75, 3.05) is 11.9 Å². The van der Waals surface area contributed by atoms with Gasteiger partial charge >= 0.3 is 0 Å². The van der Waals surface area contributed by atoms with Gasteiger partial charge in [-0.3, -0.25) is 0 Å². The van der Waals surface area contributed by atoms with Gasteiger partial charge in [-0.05, 0) is 30.5 Å². The monoisotopic (exact) mass is 304 g/mol. The standard InChI is InChI=1S/C16H20N2S2/c1-11-6-7-13(12(9-11)15(17)19)18-10-16(2,3)14-5-4-8-20-14/h4-9,18H,10H2,1-3H3,(H2,17,19). The molecule has 3 N–H and O–H groups in total. The van der Waals surface area contributed by atoms with Crippen LogP contribution in [0.4, 0.5) is 5.69 Å². The number of benzene rings is 1. The molecule has 1 aromatic carbocycles. The summed E-state index contributed by atoms with van der Waals surface area (Å²) in [4.78, 5) is 1.80. The molecule has 0 amide bonds. The van der Waals surface area contributed by atoms with Crippen LogP contribution in [0, 0.1) is 6.92 Å². The predicted molar refractivity (Wildman–Crippen MR) is 92.9 cm³/mol. The quantitative estimate of drug-likeness (QED) is 0.817. The van der Waals surface area contributed by atoms with Gasteiger partial charge in [0.1, 0.15) is 4.99 Å². The van der Waals surface area contributed by atoms with Crippen molar-refractivity contribution in [3.63, 3.8) is 0 Å². The van der Waals surface area contributed by atoms with E-state index in [9.17, 15) is 0 Å². The summed E-state index contributed by atoms with van der Waals surface area (Å²) >= 11 is 6.92. The summed E-state index contributed by atoms with van der Waals surface area (Å²) in [6.07, 6.45) is 0. The molecule has 0 atom stereocenters. The third-order valence-corrected chi connectivity index (χ3v) is 4.81. The number of aryl methyl sites for hydroxylation is 1. The maximum absolute atomic E-state index is 5.81. The lowest BCUT2D eigenvalue weighted by Crippen LogP contribution is -2.27. The number of nitrogens with one attached hydrogen (secondary N) is 1. The number of hydrogen-bond donors (Lipinski definition) is 2. The number of thiocarbonyl (C=S) groups is 1. The molecule has 0 aliphatic carbocycles. The van der Waals surface area contributed by atoms with E-state index >= 15 is 0 Å². The minimum Gasteiger partial charge on any atom is -0.389 e. The first-order chi connectivity index (χ1) is 9.40. The Labute approximate surface area is 130 Å². The van der Waals surface area contributed by atoms with Gasteiger partial charge in [-0.1, -0.05) is 43.8 Å². The lowest BCUT2D eigenvalue weighted by molar-refractivity contribution is 0.569. The Kier molecular flexibility index (Phi) is 4.45. The molecular formula is C16H20N2S2. The Morgan fingerprint density at radius 1 is 1.35 bits per heavy atom. The van der Waals surface area contributed by atoms with Crippen LogP contribution >= 0.6 is 23.6 Å². The summed E-state index contributed by atoms with van der Waals surface area (Å²) < 4.78 is 0. The van der Waals surface area contributed by atoms with Crippen molar-refractivity contribution in [2.45, 2.75) is 26.2 Å². The fraction of sp³-hybridized carbons (Fsp3) is 0.312. The van der Waals surface area contributed by atoms with Crippen molar-refractivity contribution < 1.29 is 0 Å². The molecule has 106 valence electrons. The summed E-state index contributed by atoms with van der Waals surface area (Å²) in [6.45, 7) is 7.36. The molecule has 2 rings (SSSR count). The van der Waals surface area contributed by atoms with Crippen molar-refractivity contribution in [1.29, 1.82) is 0 Å². The molecule has 0 unspecified atom stereocenters. The van der Waals surface area contributed by atoms with E-state index in [4.69, 9.17) is 18.0 Å². The second-order valence-electron chi connectivity index (χ2n) is 5.63. The Bertz CT molecular complexity index is 601. The summed E-state index contributed by atoms with van der Waals surface area (Å²) in [6, 6.07) is 10.4. The molecule has 0 aliphatic rings. The smallest absolute Gasteiger partial charge is 0.106 e. The fourth-order valence-corrected chi connectivity index (χ4v) is 3.10. The zero-order valence-corrected chi connectivity index (χ0v) is 13.7. The molecule has 2 aromatic rings. The van der Waals surface area contributed by atoms with E-state index in [1.807, 2.05) is 19.1 Å². The summed E-state index contributed by atoms with van der Waals surface area (Å²) in [5.41, 5.74) is 8.98. The summed E-state index contributed by atoms with van der Waals surface area (Å²) in [7, 11) is 0. The Morgan fingerprint density at radius 2 is 2.10 bits per heavy atom. The molecule has 0 radical (unpaired) electrons. The minimum atomic E-state index is 0.0759. The van der Waals surface area contributed by atoms with Gasteiger partial charge in [0.05, 0.1) is 0 Å². The highest BCUT2D eigenvalue weighted by atomic mass is 32.1. The Morgan fingerprint density at radius 3 is 2.70 bits per heavy atom. The van der Waals surface area contributed by atoms with Crippen LogP contribution in [0.25, 0.3) is 0 Å². The fourth-order valence-electron chi connectivity index (χ4n) is 2.08. The van der Waals surface area contributed by atoms with Gasteiger partial charge in [0.15, 0.2) is 0 Å². The zero-order valence-electron chi connectivity index (χ0n) is 12.1. The second kappa shape index (κ2) is 5.94. The van der Waals surface area contributed by atoms with E-state index in [1.165, 1.54) is 4.88 Å². The van der Waals surface area contributed by atoms with Crippen molar-refractivity contribution in [2.24, 2.45) is 5.73 Å². The largest absolute Gasteiger partial charge is 0.389 e. The number of rotatable bonds is 5. The lowest BCUT2D eigenvalue weighted by atomic mass is 9.91. The first-order valence-corrected chi connectivity index (χ1v) is 7.87. The van der Waals surface area contributed by atoms with Crippen LogP contribution < -0.4 is 11.1 Å². The highest BCUT2D eigenvalue weighted by molar-refractivity contribution is 7.80. The van der Waals surface area contributed by atoms with Gasteiger partial charge in [0.25, 0.3) is 0 Å². The maximum atomic E-state index is 5.81. The molecule has 0 saturated carbocycles. The average molecular weight is 304 g/mol. The Balaban J connectivity index is 2.17. The number of anilines is 1. The van der Waals surface area contributed by atoms with Gasteiger partial charge in [0.2, 0.25) is 0 Å². The molecule has 0 saturated heterocycles. The van der Waals surface area contributed by atoms with E-state index < -0.39 is 0 Å². The normalized spacial score (nSPS) is 11.3. The van der Waals surface area contributed by atoms with Crippen molar-refractivity contribution in [1.82, 2.24) is 0 Å². The first-order valence-electron chi connectivity index (χ1n) is 6.58. The van der Waals surface area contributed by atoms with Crippen LogP contribution in [0.3, 0.4) is 0 Å². The molecule has 1 aromatic heterocycles. The molecule has 1 heterocycles. The second-order valence-corrected chi connectivity index (χ2v) is 7.02. The Hall–Kier alpha value is -1.39. The van der Waals surface area contributed by atoms with Crippen LogP contribution in [0.15, 0.2) is 35.7 Å². The maximum Gasteiger partial charge on any atom is 0.106 e. The van der Waals surface area contributed by atoms with Gasteiger partial charge < -0.3 is 11.1 Å². The molecule has 0 bridgehead atoms. The van der Waals surface area contributed by atoms with E-state index in [0.717, 1.165) is 23.4 Å². The van der Waals surface area contributed by atoms with Crippen LogP contribution in [0.5, 0.6) is 0 Å². The molecule has 0 aliphatic heterocycles. The topological polar surface area (TPSA) is 38.0 Å². The molecule has 0 fully saturated rings. The molecule has 2 nitrogen and oxygen atoms in total. The van der Waals surface area contributed by atoms with Crippen molar-refractivity contribution in [3.8, 4) is 0 Å². The van der Waals surface area contributed by atoms with Gasteiger partial charge in [-0.15, -0.1) is 11.3 Å². The van der Waals surface area contributed by atoms with Crippen molar-refractivity contribution >= 4 is 34.2 Å². The average Bonchev–Trinajstić information content (AvgIpc) is 2.91. The van der Waals surface area contributed by atoms with E-state index in [2.05, 4.69) is 42.7 Å². The predicted octanol–water partition coefficient (Wildman–Crippen LogP) is 4.08. The highest BCUT2D eigenvalue weighted by Gasteiger charge is 2.21. The van der Waals surface area contributed by atoms with Crippen LogP contribution in [-0.2, 0) is 5.41 Å². The minimum absolute atomic E-state index is 0.0759. The molecule has 0 spiro atoms. The van der Waals surface area contributed by atoms with E-state index in [0.29, 0.717) is 4.99 Å². The zero-order chi connectivity index (χ0) is 14.8.